The summed E-state index contributed by atoms with van der Waals surface area (Å²) in [5, 5.41) is 8.33. The predicted molar refractivity (Wildman–Crippen MR) is 93.8 cm³/mol. The van der Waals surface area contributed by atoms with Gasteiger partial charge in [-0.15, -0.1) is 10.2 Å². The Bertz CT molecular complexity index is 893. The fraction of sp³-hybridized carbons (Fsp3) is 0.263. The van der Waals surface area contributed by atoms with E-state index in [1.807, 2.05) is 24.3 Å². The van der Waals surface area contributed by atoms with Crippen LogP contribution in [0.25, 0.3) is 11.5 Å². The van der Waals surface area contributed by atoms with E-state index in [0.29, 0.717) is 30.4 Å². The Morgan fingerprint density at radius 2 is 2.08 bits per heavy atom. The first-order chi connectivity index (χ1) is 12.7. The van der Waals surface area contributed by atoms with E-state index in [1.54, 1.807) is 36.5 Å². The lowest BCUT2D eigenvalue weighted by Gasteiger charge is -2.15. The maximum absolute atomic E-state index is 12.5. The van der Waals surface area contributed by atoms with Gasteiger partial charge in [0.2, 0.25) is 11.8 Å². The maximum atomic E-state index is 12.5. The molecule has 0 N–H and O–H groups in total. The summed E-state index contributed by atoms with van der Waals surface area (Å²) in [6.07, 6.45) is 4.04. The Morgan fingerprint density at radius 1 is 1.23 bits per heavy atom. The molecule has 0 saturated carbocycles. The van der Waals surface area contributed by atoms with Crippen LogP contribution in [-0.4, -0.2) is 46.2 Å². The molecule has 4 rings (SSSR count). The SMILES string of the molecule is COc1ccc(-c2nnc([C@H]3CCN(C(=O)c4cccnc4)C3)o2)cc1. The molecule has 7 heteroatoms. The average Bonchev–Trinajstić information content (AvgIpc) is 3.38. The standard InChI is InChI=1S/C19H18N4O3/c1-25-16-6-4-13(5-7-16)17-21-22-18(26-17)15-8-10-23(12-15)19(24)14-3-2-9-20-11-14/h2-7,9,11,15H,8,10,12H2,1H3/t15-/m0/s1. The van der Waals surface area contributed by atoms with Crippen molar-refractivity contribution in [2.24, 2.45) is 0 Å². The van der Waals surface area contributed by atoms with Crippen molar-refractivity contribution >= 4 is 5.91 Å². The fourth-order valence-electron chi connectivity index (χ4n) is 3.07. The molecule has 0 radical (unpaired) electrons. The van der Waals surface area contributed by atoms with Crippen molar-refractivity contribution in [3.63, 3.8) is 0 Å². The molecule has 1 aliphatic heterocycles. The van der Waals surface area contributed by atoms with Crippen molar-refractivity contribution in [1.82, 2.24) is 20.1 Å². The van der Waals surface area contributed by atoms with Gasteiger partial charge in [0.15, 0.2) is 0 Å². The van der Waals surface area contributed by atoms with Crippen LogP contribution in [0.3, 0.4) is 0 Å². The molecule has 0 aliphatic carbocycles. The van der Waals surface area contributed by atoms with Crippen molar-refractivity contribution in [3.8, 4) is 17.2 Å². The maximum Gasteiger partial charge on any atom is 0.255 e. The molecule has 1 aromatic carbocycles. The molecule has 3 heterocycles. The number of likely N-dealkylation sites (tertiary alicyclic amines) is 1. The summed E-state index contributed by atoms with van der Waals surface area (Å²) in [5.74, 6) is 1.84. The zero-order valence-electron chi connectivity index (χ0n) is 14.3. The van der Waals surface area contributed by atoms with Gasteiger partial charge in [0.05, 0.1) is 18.6 Å². The highest BCUT2D eigenvalue weighted by atomic mass is 16.5. The molecular weight excluding hydrogens is 332 g/mol. The molecule has 1 atom stereocenters. The van der Waals surface area contributed by atoms with E-state index < -0.39 is 0 Å². The molecule has 0 unspecified atom stereocenters. The number of rotatable bonds is 4. The minimum absolute atomic E-state index is 0.0181. The first kappa shape index (κ1) is 16.3. The number of benzene rings is 1. The Hall–Kier alpha value is -3.22. The molecule has 7 nitrogen and oxygen atoms in total. The van der Waals surface area contributed by atoms with Crippen molar-refractivity contribution in [2.75, 3.05) is 20.2 Å². The minimum Gasteiger partial charge on any atom is -0.497 e. The summed E-state index contributed by atoms with van der Waals surface area (Å²) in [6.45, 7) is 1.23. The quantitative estimate of drug-likeness (QED) is 0.720. The van der Waals surface area contributed by atoms with E-state index >= 15 is 0 Å². The predicted octanol–water partition coefficient (Wildman–Crippen LogP) is 2.77. The number of nitrogens with zero attached hydrogens (tertiary/aromatic N) is 4. The third kappa shape index (κ3) is 3.15. The van der Waals surface area contributed by atoms with E-state index in [0.717, 1.165) is 17.7 Å². The van der Waals surface area contributed by atoms with Crippen LogP contribution in [0.4, 0.5) is 0 Å². The number of hydrogen-bond acceptors (Lipinski definition) is 6. The first-order valence-corrected chi connectivity index (χ1v) is 8.41. The van der Waals surface area contributed by atoms with Gasteiger partial charge < -0.3 is 14.1 Å². The molecule has 0 spiro atoms. The molecule has 1 fully saturated rings. The van der Waals surface area contributed by atoms with Crippen molar-refractivity contribution in [2.45, 2.75) is 12.3 Å². The van der Waals surface area contributed by atoms with Crippen LogP contribution in [0.1, 0.15) is 28.6 Å². The van der Waals surface area contributed by atoms with Gasteiger partial charge in [0, 0.05) is 31.0 Å². The summed E-state index contributed by atoms with van der Waals surface area (Å²) in [4.78, 5) is 18.3. The van der Waals surface area contributed by atoms with Crippen molar-refractivity contribution in [3.05, 3.63) is 60.2 Å². The zero-order chi connectivity index (χ0) is 17.9. The number of methoxy groups -OCH3 is 1. The Morgan fingerprint density at radius 3 is 2.81 bits per heavy atom. The van der Waals surface area contributed by atoms with Crippen LogP contribution in [0.15, 0.2) is 53.2 Å². The number of hydrogen-bond donors (Lipinski definition) is 0. The molecule has 1 aliphatic rings. The summed E-state index contributed by atoms with van der Waals surface area (Å²) >= 11 is 0. The second kappa shape index (κ2) is 6.95. The van der Waals surface area contributed by atoms with Gasteiger partial charge in [-0.3, -0.25) is 9.78 Å². The highest BCUT2D eigenvalue weighted by Crippen LogP contribution is 2.29. The highest BCUT2D eigenvalue weighted by molar-refractivity contribution is 5.94. The largest absolute Gasteiger partial charge is 0.497 e. The van der Waals surface area contributed by atoms with Crippen LogP contribution in [0.5, 0.6) is 5.75 Å². The van der Waals surface area contributed by atoms with Gasteiger partial charge in [0.1, 0.15) is 5.75 Å². The third-order valence-corrected chi connectivity index (χ3v) is 4.51. The van der Waals surface area contributed by atoms with Crippen LogP contribution < -0.4 is 4.74 Å². The second-order valence-electron chi connectivity index (χ2n) is 6.15. The molecule has 1 amide bonds. The number of aromatic nitrogens is 3. The molecule has 2 aromatic heterocycles. The summed E-state index contributed by atoms with van der Waals surface area (Å²) in [7, 11) is 1.62. The number of pyridine rings is 1. The Kier molecular flexibility index (Phi) is 4.35. The molecular formula is C19H18N4O3. The average molecular weight is 350 g/mol. The van der Waals surface area contributed by atoms with Gasteiger partial charge in [-0.2, -0.15) is 0 Å². The third-order valence-electron chi connectivity index (χ3n) is 4.51. The van der Waals surface area contributed by atoms with Gasteiger partial charge in [-0.25, -0.2) is 0 Å². The van der Waals surface area contributed by atoms with E-state index in [2.05, 4.69) is 15.2 Å². The van der Waals surface area contributed by atoms with Gasteiger partial charge in [0.25, 0.3) is 5.91 Å². The molecule has 132 valence electrons. The topological polar surface area (TPSA) is 81.4 Å². The lowest BCUT2D eigenvalue weighted by Crippen LogP contribution is -2.28. The summed E-state index contributed by atoms with van der Waals surface area (Å²) in [5.41, 5.74) is 1.43. The van der Waals surface area contributed by atoms with Crippen molar-refractivity contribution in [1.29, 1.82) is 0 Å². The molecule has 3 aromatic rings. The summed E-state index contributed by atoms with van der Waals surface area (Å²) in [6, 6.07) is 11.0. The lowest BCUT2D eigenvalue weighted by atomic mass is 10.1. The van der Waals surface area contributed by atoms with E-state index in [1.165, 1.54) is 0 Å². The molecule has 0 bridgehead atoms. The van der Waals surface area contributed by atoms with Gasteiger partial charge >= 0.3 is 0 Å². The minimum atomic E-state index is -0.0181. The Balaban J connectivity index is 1.46. The smallest absolute Gasteiger partial charge is 0.255 e. The number of carbonyl (C=O) groups is 1. The normalized spacial score (nSPS) is 16.7. The highest BCUT2D eigenvalue weighted by Gasteiger charge is 2.31. The monoisotopic (exact) mass is 350 g/mol. The second-order valence-corrected chi connectivity index (χ2v) is 6.15. The van der Waals surface area contributed by atoms with Gasteiger partial charge in [-0.1, -0.05) is 0 Å². The lowest BCUT2D eigenvalue weighted by molar-refractivity contribution is 0.0789. The number of amides is 1. The van der Waals surface area contributed by atoms with Crippen LogP contribution in [-0.2, 0) is 0 Å². The zero-order valence-corrected chi connectivity index (χ0v) is 14.3. The summed E-state index contributed by atoms with van der Waals surface area (Å²) < 4.78 is 11.0. The molecule has 26 heavy (non-hydrogen) atoms. The van der Waals surface area contributed by atoms with Crippen LogP contribution in [0.2, 0.25) is 0 Å². The first-order valence-electron chi connectivity index (χ1n) is 8.41. The molecule has 1 saturated heterocycles. The Labute approximate surface area is 150 Å². The van der Waals surface area contributed by atoms with E-state index in [-0.39, 0.29) is 11.8 Å². The number of carbonyl (C=O) groups excluding carboxylic acids is 1. The van der Waals surface area contributed by atoms with Crippen LogP contribution in [0, 0.1) is 0 Å². The van der Waals surface area contributed by atoms with Crippen LogP contribution >= 0.6 is 0 Å². The fourth-order valence-corrected chi connectivity index (χ4v) is 3.07. The van der Waals surface area contributed by atoms with Crippen molar-refractivity contribution < 1.29 is 13.9 Å². The number of ether oxygens (including phenoxy) is 1. The van der Waals surface area contributed by atoms with E-state index in [9.17, 15) is 4.79 Å². The van der Waals surface area contributed by atoms with Gasteiger partial charge in [-0.05, 0) is 42.8 Å². The van der Waals surface area contributed by atoms with E-state index in [4.69, 9.17) is 9.15 Å².